The SMILES string of the molecule is Cc1cccc(NC(=O)CC(=O)NCc2ccc(C)c3ncccc23)c1. The highest BCUT2D eigenvalue weighted by molar-refractivity contribution is 6.03. The predicted molar refractivity (Wildman–Crippen MR) is 103 cm³/mol. The van der Waals surface area contributed by atoms with Gasteiger partial charge in [-0.1, -0.05) is 30.3 Å². The average molecular weight is 347 g/mol. The molecule has 2 amide bonds. The van der Waals surface area contributed by atoms with Crippen molar-refractivity contribution in [2.45, 2.75) is 26.8 Å². The number of nitrogens with one attached hydrogen (secondary N) is 2. The fourth-order valence-electron chi connectivity index (χ4n) is 2.86. The molecule has 0 unspecified atom stereocenters. The van der Waals surface area contributed by atoms with Gasteiger partial charge in [-0.2, -0.15) is 0 Å². The van der Waals surface area contributed by atoms with Crippen LogP contribution in [-0.2, 0) is 16.1 Å². The largest absolute Gasteiger partial charge is 0.352 e. The van der Waals surface area contributed by atoms with Crippen molar-refractivity contribution in [3.8, 4) is 0 Å². The van der Waals surface area contributed by atoms with Crippen LogP contribution in [-0.4, -0.2) is 16.8 Å². The van der Waals surface area contributed by atoms with Crippen molar-refractivity contribution in [3.63, 3.8) is 0 Å². The number of aryl methyl sites for hydroxylation is 2. The Bertz CT molecular complexity index is 966. The highest BCUT2D eigenvalue weighted by Crippen LogP contribution is 2.20. The Hall–Kier alpha value is -3.21. The zero-order valence-corrected chi connectivity index (χ0v) is 14.9. The van der Waals surface area contributed by atoms with E-state index in [1.54, 1.807) is 12.3 Å². The fourth-order valence-corrected chi connectivity index (χ4v) is 2.86. The number of aromatic nitrogens is 1. The van der Waals surface area contributed by atoms with Crippen LogP contribution in [0.5, 0.6) is 0 Å². The molecule has 0 aliphatic heterocycles. The maximum Gasteiger partial charge on any atom is 0.233 e. The molecule has 5 heteroatoms. The molecule has 0 fully saturated rings. The van der Waals surface area contributed by atoms with Crippen LogP contribution in [0.4, 0.5) is 5.69 Å². The minimum absolute atomic E-state index is 0.212. The zero-order chi connectivity index (χ0) is 18.5. The molecule has 1 aromatic heterocycles. The van der Waals surface area contributed by atoms with Crippen LogP contribution in [0.3, 0.4) is 0 Å². The summed E-state index contributed by atoms with van der Waals surface area (Å²) < 4.78 is 0. The van der Waals surface area contributed by atoms with Crippen LogP contribution in [0.2, 0.25) is 0 Å². The molecular formula is C21H21N3O2. The summed E-state index contributed by atoms with van der Waals surface area (Å²) in [6.07, 6.45) is 1.54. The van der Waals surface area contributed by atoms with Gasteiger partial charge in [0.25, 0.3) is 0 Å². The average Bonchev–Trinajstić information content (AvgIpc) is 2.61. The third-order valence-corrected chi connectivity index (χ3v) is 4.16. The molecular weight excluding hydrogens is 326 g/mol. The Balaban J connectivity index is 1.59. The molecule has 0 aliphatic carbocycles. The smallest absolute Gasteiger partial charge is 0.233 e. The van der Waals surface area contributed by atoms with Gasteiger partial charge in [0.2, 0.25) is 11.8 Å². The first kappa shape index (κ1) is 17.6. The Morgan fingerprint density at radius 2 is 1.85 bits per heavy atom. The van der Waals surface area contributed by atoms with Crippen molar-refractivity contribution in [2.24, 2.45) is 0 Å². The van der Waals surface area contributed by atoms with E-state index in [0.29, 0.717) is 12.2 Å². The van der Waals surface area contributed by atoms with E-state index in [-0.39, 0.29) is 18.2 Å². The van der Waals surface area contributed by atoms with Gasteiger partial charge in [0.15, 0.2) is 0 Å². The van der Waals surface area contributed by atoms with Crippen molar-refractivity contribution >= 4 is 28.4 Å². The number of rotatable bonds is 5. The van der Waals surface area contributed by atoms with Gasteiger partial charge in [0, 0.05) is 23.8 Å². The van der Waals surface area contributed by atoms with Gasteiger partial charge in [-0.25, -0.2) is 0 Å². The van der Waals surface area contributed by atoms with Crippen LogP contribution in [0.15, 0.2) is 54.7 Å². The van der Waals surface area contributed by atoms with Crippen molar-refractivity contribution in [1.29, 1.82) is 0 Å². The second-order valence-electron chi connectivity index (χ2n) is 6.31. The molecule has 0 atom stereocenters. The van der Waals surface area contributed by atoms with Gasteiger partial charge >= 0.3 is 0 Å². The molecule has 5 nitrogen and oxygen atoms in total. The molecule has 26 heavy (non-hydrogen) atoms. The van der Waals surface area contributed by atoms with Crippen LogP contribution in [0, 0.1) is 13.8 Å². The highest BCUT2D eigenvalue weighted by Gasteiger charge is 2.11. The molecule has 1 heterocycles. The second-order valence-corrected chi connectivity index (χ2v) is 6.31. The minimum atomic E-state index is -0.330. The molecule has 132 valence electrons. The summed E-state index contributed by atoms with van der Waals surface area (Å²) in [5.41, 5.74) is 4.74. The first-order valence-corrected chi connectivity index (χ1v) is 8.49. The Morgan fingerprint density at radius 3 is 2.65 bits per heavy atom. The number of carbonyl (C=O) groups is 2. The standard InChI is InChI=1S/C21H21N3O2/c1-14-5-3-6-17(11-14)24-20(26)12-19(25)23-13-16-9-8-15(2)21-18(16)7-4-10-22-21/h3-11H,12-13H2,1-2H3,(H,23,25)(H,24,26). The lowest BCUT2D eigenvalue weighted by atomic mass is 10.0. The van der Waals surface area contributed by atoms with Crippen LogP contribution < -0.4 is 10.6 Å². The van der Waals surface area contributed by atoms with Gasteiger partial charge in [-0.15, -0.1) is 0 Å². The van der Waals surface area contributed by atoms with E-state index in [0.717, 1.165) is 27.6 Å². The number of anilines is 1. The summed E-state index contributed by atoms with van der Waals surface area (Å²) in [5.74, 6) is -0.642. The van der Waals surface area contributed by atoms with Crippen LogP contribution in [0.1, 0.15) is 23.1 Å². The van der Waals surface area contributed by atoms with Crippen molar-refractivity contribution in [3.05, 3.63) is 71.4 Å². The van der Waals surface area contributed by atoms with Crippen LogP contribution in [0.25, 0.3) is 10.9 Å². The van der Waals surface area contributed by atoms with E-state index in [9.17, 15) is 9.59 Å². The monoisotopic (exact) mass is 347 g/mol. The topological polar surface area (TPSA) is 71.1 Å². The molecule has 3 aromatic rings. The van der Waals surface area contributed by atoms with E-state index in [4.69, 9.17) is 0 Å². The van der Waals surface area contributed by atoms with Gasteiger partial charge in [0.05, 0.1) is 5.52 Å². The summed E-state index contributed by atoms with van der Waals surface area (Å²) in [4.78, 5) is 28.5. The van der Waals surface area contributed by atoms with E-state index in [2.05, 4.69) is 15.6 Å². The lowest BCUT2D eigenvalue weighted by Crippen LogP contribution is -2.27. The first-order valence-electron chi connectivity index (χ1n) is 8.49. The van der Waals surface area contributed by atoms with Gasteiger partial charge < -0.3 is 10.6 Å². The predicted octanol–water partition coefficient (Wildman–Crippen LogP) is 3.50. The molecule has 3 rings (SSSR count). The summed E-state index contributed by atoms with van der Waals surface area (Å²) in [6.45, 7) is 4.31. The Labute approximate surface area is 152 Å². The van der Waals surface area contributed by atoms with Crippen LogP contribution >= 0.6 is 0 Å². The first-order chi connectivity index (χ1) is 12.5. The number of nitrogens with zero attached hydrogens (tertiary/aromatic N) is 1. The van der Waals surface area contributed by atoms with Gasteiger partial charge in [-0.05, 0) is 48.7 Å². The number of amides is 2. The lowest BCUT2D eigenvalue weighted by Gasteiger charge is -2.10. The number of carbonyl (C=O) groups excluding carboxylic acids is 2. The maximum atomic E-state index is 12.1. The molecule has 0 bridgehead atoms. The molecule has 0 saturated carbocycles. The number of fused-ring (bicyclic) bond motifs is 1. The second kappa shape index (κ2) is 7.78. The van der Waals surface area contributed by atoms with E-state index >= 15 is 0 Å². The molecule has 0 saturated heterocycles. The fraction of sp³-hybridized carbons (Fsp3) is 0.190. The molecule has 2 aromatic carbocycles. The van der Waals surface area contributed by atoms with Gasteiger partial charge in [0.1, 0.15) is 6.42 Å². The summed E-state index contributed by atoms with van der Waals surface area (Å²) in [5, 5.41) is 6.56. The number of pyridine rings is 1. The van der Waals surface area contributed by atoms with E-state index < -0.39 is 0 Å². The normalized spacial score (nSPS) is 10.5. The van der Waals surface area contributed by atoms with E-state index in [1.165, 1.54) is 0 Å². The molecule has 0 radical (unpaired) electrons. The van der Waals surface area contributed by atoms with Crippen molar-refractivity contribution in [1.82, 2.24) is 10.3 Å². The third kappa shape index (κ3) is 4.25. The number of hydrogen-bond acceptors (Lipinski definition) is 3. The number of benzene rings is 2. The van der Waals surface area contributed by atoms with Gasteiger partial charge in [-0.3, -0.25) is 14.6 Å². The van der Waals surface area contributed by atoms with Crippen molar-refractivity contribution in [2.75, 3.05) is 5.32 Å². The Morgan fingerprint density at radius 1 is 1.00 bits per heavy atom. The summed E-state index contributed by atoms with van der Waals surface area (Å²) >= 11 is 0. The quantitative estimate of drug-likeness (QED) is 0.694. The van der Waals surface area contributed by atoms with E-state index in [1.807, 2.05) is 56.3 Å². The lowest BCUT2D eigenvalue weighted by molar-refractivity contribution is -0.126. The third-order valence-electron chi connectivity index (χ3n) is 4.16. The minimum Gasteiger partial charge on any atom is -0.352 e. The number of hydrogen-bond donors (Lipinski definition) is 2. The zero-order valence-electron chi connectivity index (χ0n) is 14.9. The maximum absolute atomic E-state index is 12.1. The van der Waals surface area contributed by atoms with Crippen molar-refractivity contribution < 1.29 is 9.59 Å². The molecule has 0 aliphatic rings. The molecule has 0 spiro atoms. The Kier molecular flexibility index (Phi) is 5.27. The summed E-state index contributed by atoms with van der Waals surface area (Å²) in [7, 11) is 0. The summed E-state index contributed by atoms with van der Waals surface area (Å²) in [6, 6.07) is 15.3. The molecule has 2 N–H and O–H groups in total. The highest BCUT2D eigenvalue weighted by atomic mass is 16.2.